The number of rotatable bonds is 5. The maximum Gasteiger partial charge on any atom is -0.00136 e. The Labute approximate surface area is 195 Å². The number of benzene rings is 3. The van der Waals surface area contributed by atoms with Gasteiger partial charge in [0.15, 0.2) is 0 Å². The molecule has 32 heavy (non-hydrogen) atoms. The first-order chi connectivity index (χ1) is 15.9. The van der Waals surface area contributed by atoms with E-state index < -0.39 is 0 Å². The lowest BCUT2D eigenvalue weighted by Crippen LogP contribution is -2.03. The van der Waals surface area contributed by atoms with Crippen LogP contribution in [0.15, 0.2) is 120 Å². The lowest BCUT2D eigenvalue weighted by molar-refractivity contribution is 0.960. The summed E-state index contributed by atoms with van der Waals surface area (Å²) in [5, 5.41) is 0. The zero-order valence-electron chi connectivity index (χ0n) is 20.0. The molecule has 2 atom stereocenters. The summed E-state index contributed by atoms with van der Waals surface area (Å²) in [6.07, 6.45) is 9.53. The summed E-state index contributed by atoms with van der Waals surface area (Å²) in [7, 11) is 0. The van der Waals surface area contributed by atoms with E-state index in [2.05, 4.69) is 109 Å². The first-order valence-corrected chi connectivity index (χ1v) is 12.2. The van der Waals surface area contributed by atoms with E-state index in [1.807, 2.05) is 27.7 Å². The predicted octanol–water partition coefficient (Wildman–Crippen LogP) is 8.92. The van der Waals surface area contributed by atoms with Gasteiger partial charge in [-0.3, -0.25) is 0 Å². The second kappa shape index (κ2) is 12.1. The molecule has 0 bridgehead atoms. The van der Waals surface area contributed by atoms with E-state index in [0.29, 0.717) is 0 Å². The SMILES string of the molecule is C1=CC2CC2C=C1C(Cc1ccccc1)=C(c1ccccc1)c1ccccc1.CC.CC. The highest BCUT2D eigenvalue weighted by Gasteiger charge is 2.35. The average molecular weight is 421 g/mol. The van der Waals surface area contributed by atoms with Gasteiger partial charge in [-0.05, 0) is 58.1 Å². The fourth-order valence-electron chi connectivity index (χ4n) is 4.22. The maximum absolute atomic E-state index is 2.51. The van der Waals surface area contributed by atoms with Crippen molar-refractivity contribution in [3.05, 3.63) is 137 Å². The van der Waals surface area contributed by atoms with Crippen molar-refractivity contribution in [2.24, 2.45) is 11.8 Å². The van der Waals surface area contributed by atoms with Gasteiger partial charge in [-0.1, -0.05) is 137 Å². The highest BCUT2D eigenvalue weighted by Crippen LogP contribution is 2.46. The molecule has 2 unspecified atom stereocenters. The van der Waals surface area contributed by atoms with E-state index in [9.17, 15) is 0 Å². The third-order valence-electron chi connectivity index (χ3n) is 5.81. The van der Waals surface area contributed by atoms with Crippen molar-refractivity contribution in [3.63, 3.8) is 0 Å². The number of hydrogen-bond acceptors (Lipinski definition) is 0. The molecule has 1 saturated carbocycles. The lowest BCUT2D eigenvalue weighted by atomic mass is 9.84. The fourth-order valence-corrected chi connectivity index (χ4v) is 4.22. The topological polar surface area (TPSA) is 0 Å². The van der Waals surface area contributed by atoms with Gasteiger partial charge in [0.05, 0.1) is 0 Å². The Bertz CT molecular complexity index is 995. The van der Waals surface area contributed by atoms with Gasteiger partial charge >= 0.3 is 0 Å². The molecule has 0 aromatic heterocycles. The summed E-state index contributed by atoms with van der Waals surface area (Å²) in [5.41, 5.74) is 8.09. The van der Waals surface area contributed by atoms with E-state index in [0.717, 1.165) is 18.3 Å². The molecule has 0 radical (unpaired) electrons. The van der Waals surface area contributed by atoms with Crippen molar-refractivity contribution < 1.29 is 0 Å². The highest BCUT2D eigenvalue weighted by atomic mass is 14.4. The Kier molecular flexibility index (Phi) is 8.87. The quantitative estimate of drug-likeness (QED) is 0.386. The van der Waals surface area contributed by atoms with E-state index in [4.69, 9.17) is 0 Å². The van der Waals surface area contributed by atoms with Gasteiger partial charge in [-0.2, -0.15) is 0 Å². The highest BCUT2D eigenvalue weighted by molar-refractivity contribution is 5.85. The molecule has 0 heterocycles. The number of allylic oxidation sites excluding steroid dienone is 5. The van der Waals surface area contributed by atoms with Crippen LogP contribution in [0.1, 0.15) is 50.8 Å². The van der Waals surface area contributed by atoms with E-state index in [1.54, 1.807) is 0 Å². The van der Waals surface area contributed by atoms with Gasteiger partial charge < -0.3 is 0 Å². The normalized spacial score (nSPS) is 17.4. The number of hydrogen-bond donors (Lipinski definition) is 0. The zero-order valence-corrected chi connectivity index (χ0v) is 20.0. The molecular formula is C32H36. The van der Waals surface area contributed by atoms with Gasteiger partial charge in [0.1, 0.15) is 0 Å². The van der Waals surface area contributed by atoms with Crippen LogP contribution in [0.25, 0.3) is 5.57 Å². The average Bonchev–Trinajstić information content (AvgIpc) is 3.67. The Morgan fingerprint density at radius 3 is 1.66 bits per heavy atom. The molecule has 5 rings (SSSR count). The summed E-state index contributed by atoms with van der Waals surface area (Å²) >= 11 is 0. The van der Waals surface area contributed by atoms with Crippen LogP contribution in [0.2, 0.25) is 0 Å². The standard InChI is InChI=1S/C28H24.2C2H6/c1-4-10-21(11-5-1)18-27(25-17-16-24-19-26(24)20-25)28(22-12-6-2-7-13-22)23-14-8-3-9-15-23;2*1-2/h1-17,20,24,26H,18-19H2;2*1-2H3. The molecule has 0 N–H and O–H groups in total. The number of fused-ring (bicyclic) bond motifs is 1. The molecule has 0 amide bonds. The van der Waals surface area contributed by atoms with Gasteiger partial charge in [0.25, 0.3) is 0 Å². The third-order valence-corrected chi connectivity index (χ3v) is 5.81. The lowest BCUT2D eigenvalue weighted by Gasteiger charge is -2.20. The smallest absolute Gasteiger partial charge is 0.00136 e. The molecule has 3 aromatic carbocycles. The largest absolute Gasteiger partial charge is 0.0802 e. The molecular weight excluding hydrogens is 384 g/mol. The van der Waals surface area contributed by atoms with Gasteiger partial charge in [-0.15, -0.1) is 0 Å². The molecule has 164 valence electrons. The van der Waals surface area contributed by atoms with Crippen molar-refractivity contribution >= 4 is 5.57 Å². The Balaban J connectivity index is 0.000000686. The van der Waals surface area contributed by atoms with Crippen molar-refractivity contribution in [1.29, 1.82) is 0 Å². The monoisotopic (exact) mass is 420 g/mol. The summed E-state index contributed by atoms with van der Waals surface area (Å²) in [6.45, 7) is 8.00. The molecule has 0 aliphatic heterocycles. The van der Waals surface area contributed by atoms with Gasteiger partial charge in [0, 0.05) is 0 Å². The molecule has 0 saturated heterocycles. The minimum atomic E-state index is 0.735. The molecule has 0 nitrogen and oxygen atoms in total. The molecule has 2 aliphatic rings. The van der Waals surface area contributed by atoms with E-state index in [-0.39, 0.29) is 0 Å². The first-order valence-electron chi connectivity index (χ1n) is 12.2. The Morgan fingerprint density at radius 1 is 0.656 bits per heavy atom. The van der Waals surface area contributed by atoms with Crippen LogP contribution < -0.4 is 0 Å². The predicted molar refractivity (Wildman–Crippen MR) is 141 cm³/mol. The molecule has 0 heteroatoms. The molecule has 3 aromatic rings. The summed E-state index contributed by atoms with van der Waals surface area (Å²) in [6, 6.07) is 32.5. The van der Waals surface area contributed by atoms with Crippen LogP contribution in [0.4, 0.5) is 0 Å². The zero-order chi connectivity index (χ0) is 22.8. The van der Waals surface area contributed by atoms with Crippen molar-refractivity contribution in [1.82, 2.24) is 0 Å². The second-order valence-electron chi connectivity index (χ2n) is 7.79. The molecule has 2 aliphatic carbocycles. The van der Waals surface area contributed by atoms with Crippen molar-refractivity contribution in [2.45, 2.75) is 40.5 Å². The maximum atomic E-state index is 2.51. The minimum absolute atomic E-state index is 0.735. The fraction of sp³-hybridized carbons (Fsp3) is 0.250. The van der Waals surface area contributed by atoms with Crippen LogP contribution in [-0.2, 0) is 6.42 Å². The van der Waals surface area contributed by atoms with Crippen molar-refractivity contribution in [3.8, 4) is 0 Å². The van der Waals surface area contributed by atoms with Gasteiger partial charge in [-0.25, -0.2) is 0 Å². The van der Waals surface area contributed by atoms with Crippen LogP contribution in [0, 0.1) is 11.8 Å². The van der Waals surface area contributed by atoms with Crippen LogP contribution in [0.5, 0.6) is 0 Å². The van der Waals surface area contributed by atoms with Crippen LogP contribution in [-0.4, -0.2) is 0 Å². The second-order valence-corrected chi connectivity index (χ2v) is 7.79. The minimum Gasteiger partial charge on any atom is -0.0802 e. The van der Waals surface area contributed by atoms with E-state index in [1.165, 1.54) is 39.8 Å². The van der Waals surface area contributed by atoms with Crippen LogP contribution >= 0.6 is 0 Å². The van der Waals surface area contributed by atoms with Crippen molar-refractivity contribution in [2.75, 3.05) is 0 Å². The summed E-state index contributed by atoms with van der Waals surface area (Å²) < 4.78 is 0. The van der Waals surface area contributed by atoms with Crippen LogP contribution in [0.3, 0.4) is 0 Å². The van der Waals surface area contributed by atoms with E-state index >= 15 is 0 Å². The summed E-state index contributed by atoms with van der Waals surface area (Å²) in [5.74, 6) is 1.51. The first kappa shape index (κ1) is 23.5. The molecule has 1 fully saturated rings. The third kappa shape index (κ3) is 5.77. The Morgan fingerprint density at radius 2 is 1.16 bits per heavy atom. The Hall–Kier alpha value is -3.12. The molecule has 0 spiro atoms. The summed E-state index contributed by atoms with van der Waals surface area (Å²) in [4.78, 5) is 0. The van der Waals surface area contributed by atoms with Gasteiger partial charge in [0.2, 0.25) is 0 Å².